The second-order valence-corrected chi connectivity index (χ2v) is 4.36. The number of halogens is 1. The third-order valence-corrected chi connectivity index (χ3v) is 2.84. The summed E-state index contributed by atoms with van der Waals surface area (Å²) in [6, 6.07) is 10.5. The van der Waals surface area contributed by atoms with Crippen LogP contribution in [0.15, 0.2) is 42.5 Å². The molecule has 0 saturated heterocycles. The molecule has 3 N–H and O–H groups in total. The molecule has 0 fully saturated rings. The van der Waals surface area contributed by atoms with Crippen molar-refractivity contribution in [1.82, 2.24) is 0 Å². The number of nitrogens with two attached hydrogens (primary N) is 1. The Morgan fingerprint density at radius 3 is 2.50 bits per heavy atom. The van der Waals surface area contributed by atoms with Crippen molar-refractivity contribution < 1.29 is 14.0 Å². The molecular weight excluding hydrogens is 259 g/mol. The lowest BCUT2D eigenvalue weighted by Crippen LogP contribution is -2.14. The highest BCUT2D eigenvalue weighted by atomic mass is 19.1. The largest absolute Gasteiger partial charge is 0.366 e. The monoisotopic (exact) mass is 272 g/mol. The fraction of sp³-hybridized carbons (Fsp3) is 0.0667. The van der Waals surface area contributed by atoms with Gasteiger partial charge in [-0.1, -0.05) is 12.1 Å². The molecule has 0 aliphatic heterocycles. The van der Waals surface area contributed by atoms with E-state index in [-0.39, 0.29) is 11.1 Å². The van der Waals surface area contributed by atoms with Crippen molar-refractivity contribution in [3.63, 3.8) is 0 Å². The van der Waals surface area contributed by atoms with Gasteiger partial charge >= 0.3 is 0 Å². The maximum atomic E-state index is 13.4. The minimum atomic E-state index is -0.581. The van der Waals surface area contributed by atoms with Crippen molar-refractivity contribution in [3.05, 3.63) is 65.0 Å². The lowest BCUT2D eigenvalue weighted by atomic mass is 10.1. The van der Waals surface area contributed by atoms with Gasteiger partial charge in [-0.2, -0.15) is 0 Å². The Morgan fingerprint density at radius 1 is 1.10 bits per heavy atom. The average molecular weight is 272 g/mol. The molecule has 2 rings (SSSR count). The Morgan fingerprint density at radius 2 is 1.85 bits per heavy atom. The molecule has 0 atom stereocenters. The van der Waals surface area contributed by atoms with Crippen LogP contribution in [0.25, 0.3) is 0 Å². The molecule has 0 spiro atoms. The zero-order valence-electron chi connectivity index (χ0n) is 10.8. The lowest BCUT2D eigenvalue weighted by molar-refractivity contribution is 0.0996. The van der Waals surface area contributed by atoms with E-state index in [2.05, 4.69) is 5.32 Å². The Kier molecular flexibility index (Phi) is 3.79. The van der Waals surface area contributed by atoms with E-state index < -0.39 is 17.6 Å². The smallest absolute Gasteiger partial charge is 0.255 e. The first kappa shape index (κ1) is 13.7. The summed E-state index contributed by atoms with van der Waals surface area (Å²) in [7, 11) is 0. The second kappa shape index (κ2) is 5.52. The van der Waals surface area contributed by atoms with Crippen LogP contribution >= 0.6 is 0 Å². The number of rotatable bonds is 3. The molecule has 4 nitrogen and oxygen atoms in total. The summed E-state index contributed by atoms with van der Waals surface area (Å²) in [4.78, 5) is 23.0. The van der Waals surface area contributed by atoms with E-state index >= 15 is 0 Å². The summed E-state index contributed by atoms with van der Waals surface area (Å²) in [5.74, 6) is -1.48. The number of anilines is 1. The Bertz CT molecular complexity index is 683. The maximum absolute atomic E-state index is 13.4. The van der Waals surface area contributed by atoms with Crippen LogP contribution < -0.4 is 11.1 Å². The molecule has 0 saturated carbocycles. The van der Waals surface area contributed by atoms with Gasteiger partial charge in [0.1, 0.15) is 5.82 Å². The normalized spacial score (nSPS) is 10.1. The first-order valence-corrected chi connectivity index (χ1v) is 5.95. The fourth-order valence-electron chi connectivity index (χ4n) is 1.69. The van der Waals surface area contributed by atoms with E-state index in [0.29, 0.717) is 11.3 Å². The summed E-state index contributed by atoms with van der Waals surface area (Å²) in [5.41, 5.74) is 6.55. The van der Waals surface area contributed by atoms with Crippen LogP contribution in [0.1, 0.15) is 26.3 Å². The maximum Gasteiger partial charge on any atom is 0.255 e. The van der Waals surface area contributed by atoms with E-state index in [4.69, 9.17) is 5.73 Å². The quantitative estimate of drug-likeness (QED) is 0.901. The van der Waals surface area contributed by atoms with Crippen LogP contribution in [0.3, 0.4) is 0 Å². The second-order valence-electron chi connectivity index (χ2n) is 4.36. The molecule has 5 heteroatoms. The number of hydrogen-bond acceptors (Lipinski definition) is 2. The van der Waals surface area contributed by atoms with Crippen LogP contribution in [0, 0.1) is 12.7 Å². The van der Waals surface area contributed by atoms with Gasteiger partial charge in [0.25, 0.3) is 5.91 Å². The van der Waals surface area contributed by atoms with Gasteiger partial charge in [0.2, 0.25) is 5.91 Å². The molecule has 102 valence electrons. The topological polar surface area (TPSA) is 72.2 Å². The average Bonchev–Trinajstić information content (AvgIpc) is 2.42. The predicted octanol–water partition coefficient (Wildman–Crippen LogP) is 2.49. The lowest BCUT2D eigenvalue weighted by Gasteiger charge is -2.07. The molecule has 0 heterocycles. The molecule has 0 aliphatic carbocycles. The summed E-state index contributed by atoms with van der Waals surface area (Å²) in [5, 5.41) is 2.59. The van der Waals surface area contributed by atoms with Crippen LogP contribution in [0.5, 0.6) is 0 Å². The molecule has 20 heavy (non-hydrogen) atoms. The number of nitrogens with one attached hydrogen (secondary N) is 1. The van der Waals surface area contributed by atoms with Crippen molar-refractivity contribution in [2.24, 2.45) is 5.73 Å². The highest BCUT2D eigenvalue weighted by Gasteiger charge is 2.09. The van der Waals surface area contributed by atoms with Gasteiger partial charge in [-0.15, -0.1) is 0 Å². The zero-order chi connectivity index (χ0) is 14.7. The zero-order valence-corrected chi connectivity index (χ0v) is 10.8. The van der Waals surface area contributed by atoms with Crippen LogP contribution in [-0.2, 0) is 0 Å². The number of carbonyl (C=O) groups is 2. The van der Waals surface area contributed by atoms with Gasteiger partial charge in [-0.3, -0.25) is 9.59 Å². The number of hydrogen-bond donors (Lipinski definition) is 2. The van der Waals surface area contributed by atoms with E-state index in [9.17, 15) is 14.0 Å². The van der Waals surface area contributed by atoms with Crippen molar-refractivity contribution in [2.45, 2.75) is 6.92 Å². The van der Waals surface area contributed by atoms with E-state index in [1.165, 1.54) is 24.3 Å². The Hall–Kier alpha value is -2.69. The van der Waals surface area contributed by atoms with Gasteiger partial charge in [0.05, 0.1) is 0 Å². The summed E-state index contributed by atoms with van der Waals surface area (Å²) >= 11 is 0. The summed E-state index contributed by atoms with van der Waals surface area (Å²) in [6.45, 7) is 1.62. The highest BCUT2D eigenvalue weighted by molar-refractivity contribution is 6.05. The van der Waals surface area contributed by atoms with Crippen molar-refractivity contribution in [3.8, 4) is 0 Å². The first-order chi connectivity index (χ1) is 9.47. The minimum Gasteiger partial charge on any atom is -0.366 e. The van der Waals surface area contributed by atoms with Gasteiger partial charge in [0.15, 0.2) is 0 Å². The SMILES string of the molecule is Cc1ccc(C(=O)Nc2cccc(C(N)=O)c2)cc1F. The molecule has 2 amide bonds. The van der Waals surface area contributed by atoms with Gasteiger partial charge in [-0.25, -0.2) is 4.39 Å². The molecule has 0 aliphatic rings. The third-order valence-electron chi connectivity index (χ3n) is 2.84. The summed E-state index contributed by atoms with van der Waals surface area (Å²) < 4.78 is 13.4. The van der Waals surface area contributed by atoms with Crippen LogP contribution in [0.2, 0.25) is 0 Å². The fourth-order valence-corrected chi connectivity index (χ4v) is 1.69. The Labute approximate surface area is 115 Å². The van der Waals surface area contributed by atoms with Crippen molar-refractivity contribution in [1.29, 1.82) is 0 Å². The third kappa shape index (κ3) is 3.00. The van der Waals surface area contributed by atoms with Crippen molar-refractivity contribution in [2.75, 3.05) is 5.32 Å². The van der Waals surface area contributed by atoms with Gasteiger partial charge in [-0.05, 0) is 42.8 Å². The van der Waals surface area contributed by atoms with Crippen LogP contribution in [-0.4, -0.2) is 11.8 Å². The predicted molar refractivity (Wildman–Crippen MR) is 74.1 cm³/mol. The first-order valence-electron chi connectivity index (χ1n) is 5.95. The van der Waals surface area contributed by atoms with Crippen LogP contribution in [0.4, 0.5) is 10.1 Å². The van der Waals surface area contributed by atoms with E-state index in [1.807, 2.05) is 0 Å². The molecule has 0 aromatic heterocycles. The van der Waals surface area contributed by atoms with E-state index in [1.54, 1.807) is 25.1 Å². The molecule has 0 unspecified atom stereocenters. The molecular formula is C15H13FN2O2. The summed E-state index contributed by atoms with van der Waals surface area (Å²) in [6.07, 6.45) is 0. The standard InChI is InChI=1S/C15H13FN2O2/c1-9-5-6-11(8-13(9)16)15(20)18-12-4-2-3-10(7-12)14(17)19/h2-8H,1H3,(H2,17,19)(H,18,20). The minimum absolute atomic E-state index is 0.206. The van der Waals surface area contributed by atoms with Gasteiger partial charge in [0, 0.05) is 16.8 Å². The number of aryl methyl sites for hydroxylation is 1. The van der Waals surface area contributed by atoms with E-state index in [0.717, 1.165) is 0 Å². The number of amides is 2. The molecule has 0 radical (unpaired) electrons. The van der Waals surface area contributed by atoms with Gasteiger partial charge < -0.3 is 11.1 Å². The number of primary amides is 1. The number of benzene rings is 2. The molecule has 2 aromatic rings. The highest BCUT2D eigenvalue weighted by Crippen LogP contribution is 2.14. The molecule has 0 bridgehead atoms. The molecule has 2 aromatic carbocycles. The van der Waals surface area contributed by atoms with Crippen molar-refractivity contribution >= 4 is 17.5 Å². The Balaban J connectivity index is 2.21. The number of carbonyl (C=O) groups excluding carboxylic acids is 2.